The molecular weight excluding hydrogens is 346 g/mol. The molecular formula is C20H27N3O4. The van der Waals surface area contributed by atoms with E-state index in [1.807, 2.05) is 12.2 Å². The van der Waals surface area contributed by atoms with Gasteiger partial charge in [-0.1, -0.05) is 31.4 Å². The first-order chi connectivity index (χ1) is 13.1. The second kappa shape index (κ2) is 6.06. The van der Waals surface area contributed by atoms with Crippen molar-refractivity contribution in [3.8, 4) is 0 Å². The van der Waals surface area contributed by atoms with Gasteiger partial charge in [-0.15, -0.1) is 0 Å². The van der Waals surface area contributed by atoms with Crippen LogP contribution in [0.2, 0.25) is 0 Å². The molecule has 3 amide bonds. The van der Waals surface area contributed by atoms with Crippen LogP contribution < -0.4 is 10.6 Å². The van der Waals surface area contributed by atoms with Crippen molar-refractivity contribution in [1.82, 2.24) is 15.5 Å². The quantitative estimate of drug-likeness (QED) is 0.703. The number of fused-ring (bicyclic) bond motifs is 1. The summed E-state index contributed by atoms with van der Waals surface area (Å²) in [5.41, 5.74) is -1.000. The van der Waals surface area contributed by atoms with Gasteiger partial charge in [-0.2, -0.15) is 0 Å². The minimum Gasteiger partial charge on any atom is -0.359 e. The molecule has 3 heterocycles. The predicted octanol–water partition coefficient (Wildman–Crippen LogP) is 0.494. The lowest BCUT2D eigenvalue weighted by molar-refractivity contribution is -0.142. The Morgan fingerprint density at radius 3 is 2.56 bits per heavy atom. The second-order valence-electron chi connectivity index (χ2n) is 8.64. The van der Waals surface area contributed by atoms with E-state index in [9.17, 15) is 14.4 Å². The third kappa shape index (κ3) is 2.40. The molecule has 7 nitrogen and oxygen atoms in total. The molecule has 146 valence electrons. The molecule has 2 saturated carbocycles. The third-order valence-corrected chi connectivity index (χ3v) is 7.00. The van der Waals surface area contributed by atoms with E-state index in [0.717, 1.165) is 38.5 Å². The lowest BCUT2D eigenvalue weighted by Gasteiger charge is -2.34. The van der Waals surface area contributed by atoms with Gasteiger partial charge in [0.1, 0.15) is 11.6 Å². The van der Waals surface area contributed by atoms with Crippen LogP contribution in [-0.2, 0) is 19.1 Å². The first-order valence-electron chi connectivity index (χ1n) is 10.3. The number of carbonyl (C=O) groups excluding carboxylic acids is 3. The van der Waals surface area contributed by atoms with E-state index in [-0.39, 0.29) is 29.8 Å². The predicted molar refractivity (Wildman–Crippen MR) is 96.5 cm³/mol. The maximum Gasteiger partial charge on any atom is 0.246 e. The summed E-state index contributed by atoms with van der Waals surface area (Å²) in [6, 6.07) is -0.392. The lowest BCUT2D eigenvalue weighted by atomic mass is 9.74. The molecule has 2 bridgehead atoms. The molecule has 0 aromatic carbocycles. The largest absolute Gasteiger partial charge is 0.359 e. The van der Waals surface area contributed by atoms with Crippen LogP contribution in [0.1, 0.15) is 44.9 Å². The molecule has 5 atom stereocenters. The zero-order valence-electron chi connectivity index (χ0n) is 15.6. The van der Waals surface area contributed by atoms with Crippen LogP contribution in [0.25, 0.3) is 0 Å². The first-order valence-corrected chi connectivity index (χ1v) is 10.3. The maximum atomic E-state index is 13.4. The number of nitrogens with zero attached hydrogens (tertiary/aromatic N) is 1. The number of hydrogen-bond acceptors (Lipinski definition) is 4. The summed E-state index contributed by atoms with van der Waals surface area (Å²) >= 11 is 0. The summed E-state index contributed by atoms with van der Waals surface area (Å²) in [5, 5.41) is 5.86. The number of carbonyl (C=O) groups is 3. The van der Waals surface area contributed by atoms with Crippen LogP contribution in [0.3, 0.4) is 0 Å². The van der Waals surface area contributed by atoms with Crippen molar-refractivity contribution in [2.75, 3.05) is 7.05 Å². The van der Waals surface area contributed by atoms with Gasteiger partial charge in [0.15, 0.2) is 0 Å². The molecule has 0 aromatic heterocycles. The molecule has 3 aliphatic heterocycles. The summed E-state index contributed by atoms with van der Waals surface area (Å²) in [6.07, 6.45) is 10.6. The van der Waals surface area contributed by atoms with Crippen molar-refractivity contribution in [1.29, 1.82) is 0 Å². The van der Waals surface area contributed by atoms with Gasteiger partial charge in [-0.05, 0) is 25.7 Å². The van der Waals surface area contributed by atoms with Crippen LogP contribution >= 0.6 is 0 Å². The van der Waals surface area contributed by atoms with Crippen LogP contribution in [0.5, 0.6) is 0 Å². The number of nitrogens with one attached hydrogen (secondary N) is 2. The molecule has 7 heteroatoms. The summed E-state index contributed by atoms with van der Waals surface area (Å²) in [6.45, 7) is 0. The van der Waals surface area contributed by atoms with E-state index in [0.29, 0.717) is 0 Å². The van der Waals surface area contributed by atoms with Crippen molar-refractivity contribution >= 4 is 17.7 Å². The Bertz CT molecular complexity index is 712. The van der Waals surface area contributed by atoms with Gasteiger partial charge in [0.25, 0.3) is 0 Å². The van der Waals surface area contributed by atoms with Crippen molar-refractivity contribution in [3.05, 3.63) is 12.2 Å². The minimum atomic E-state index is -1.000. The maximum absolute atomic E-state index is 13.4. The average Bonchev–Trinajstić information content (AvgIpc) is 3.27. The van der Waals surface area contributed by atoms with Gasteiger partial charge in [-0.25, -0.2) is 0 Å². The van der Waals surface area contributed by atoms with E-state index < -0.39 is 29.6 Å². The van der Waals surface area contributed by atoms with E-state index >= 15 is 0 Å². The summed E-state index contributed by atoms with van der Waals surface area (Å²) < 4.78 is 6.23. The molecule has 2 saturated heterocycles. The molecule has 27 heavy (non-hydrogen) atoms. The fraction of sp³-hybridized carbons (Fsp3) is 0.750. The summed E-state index contributed by atoms with van der Waals surface area (Å²) in [7, 11) is 1.58. The van der Waals surface area contributed by atoms with Gasteiger partial charge < -0.3 is 20.3 Å². The standard InChI is InChI=1S/C20H27N3O4/c1-21-17(24)14-13-9-10-20(27-13)15(14)19(26)23(12-7-8-12)16(20)18(25)22-11-5-3-2-4-6-11/h9-16H,2-8H2,1H3,(H,21,24)(H,22,25)/t13-,14-,15+,16+,20-/m1/s1. The van der Waals surface area contributed by atoms with Gasteiger partial charge in [-0.3, -0.25) is 14.4 Å². The van der Waals surface area contributed by atoms with Crippen LogP contribution in [-0.4, -0.2) is 59.5 Å². The molecule has 0 aromatic rings. The number of likely N-dealkylation sites (tertiary alicyclic amines) is 1. The van der Waals surface area contributed by atoms with Crippen molar-refractivity contribution in [3.63, 3.8) is 0 Å². The highest BCUT2D eigenvalue weighted by atomic mass is 16.5. The third-order valence-electron chi connectivity index (χ3n) is 7.00. The fourth-order valence-corrected chi connectivity index (χ4v) is 5.65. The van der Waals surface area contributed by atoms with E-state index in [4.69, 9.17) is 4.74 Å². The second-order valence-corrected chi connectivity index (χ2v) is 8.64. The number of rotatable bonds is 4. The SMILES string of the molecule is CNC(=O)[C@H]1[C@H]2C(=O)N(C3CC3)[C@@H](C(=O)NC3CCCCC3)[C@@]23C=C[C@H]1O3. The molecule has 1 spiro atoms. The number of amides is 3. The highest BCUT2D eigenvalue weighted by molar-refractivity contribution is 6.00. The highest BCUT2D eigenvalue weighted by Crippen LogP contribution is 2.56. The zero-order chi connectivity index (χ0) is 18.8. The van der Waals surface area contributed by atoms with Gasteiger partial charge >= 0.3 is 0 Å². The molecule has 0 radical (unpaired) electrons. The van der Waals surface area contributed by atoms with Gasteiger partial charge in [0.2, 0.25) is 17.7 Å². The topological polar surface area (TPSA) is 87.7 Å². The van der Waals surface area contributed by atoms with Gasteiger partial charge in [0, 0.05) is 19.1 Å². The lowest BCUT2D eigenvalue weighted by Crippen LogP contribution is -2.57. The minimum absolute atomic E-state index is 0.0956. The fourth-order valence-electron chi connectivity index (χ4n) is 5.65. The smallest absolute Gasteiger partial charge is 0.246 e. The van der Waals surface area contributed by atoms with Crippen LogP contribution in [0, 0.1) is 11.8 Å². The van der Waals surface area contributed by atoms with Crippen LogP contribution in [0.15, 0.2) is 12.2 Å². The molecule has 0 unspecified atom stereocenters. The van der Waals surface area contributed by atoms with Crippen LogP contribution in [0.4, 0.5) is 0 Å². The molecule has 4 fully saturated rings. The normalized spacial score (nSPS) is 40.3. The molecule has 2 N–H and O–H groups in total. The van der Waals surface area contributed by atoms with Crippen molar-refractivity contribution in [2.45, 2.75) is 74.8 Å². The van der Waals surface area contributed by atoms with E-state index in [1.54, 1.807) is 11.9 Å². The molecule has 2 aliphatic carbocycles. The highest BCUT2D eigenvalue weighted by Gasteiger charge is 2.74. The summed E-state index contributed by atoms with van der Waals surface area (Å²) in [4.78, 5) is 40.9. The Morgan fingerprint density at radius 2 is 1.89 bits per heavy atom. The Hall–Kier alpha value is -1.89. The Kier molecular flexibility index (Phi) is 3.86. The number of hydrogen-bond donors (Lipinski definition) is 2. The molecule has 5 rings (SSSR count). The Balaban J connectivity index is 1.48. The Labute approximate surface area is 158 Å². The Morgan fingerprint density at radius 1 is 1.15 bits per heavy atom. The van der Waals surface area contributed by atoms with E-state index in [1.165, 1.54) is 6.42 Å². The summed E-state index contributed by atoms with van der Waals surface area (Å²) in [5.74, 6) is -1.56. The zero-order valence-corrected chi connectivity index (χ0v) is 15.6. The first kappa shape index (κ1) is 17.2. The van der Waals surface area contributed by atoms with Crippen molar-refractivity contribution < 1.29 is 19.1 Å². The average molecular weight is 373 g/mol. The molecule has 5 aliphatic rings. The van der Waals surface area contributed by atoms with Gasteiger partial charge in [0.05, 0.1) is 17.9 Å². The van der Waals surface area contributed by atoms with Crippen molar-refractivity contribution in [2.24, 2.45) is 11.8 Å². The number of ether oxygens (including phenoxy) is 1. The monoisotopic (exact) mass is 373 g/mol. The van der Waals surface area contributed by atoms with E-state index in [2.05, 4.69) is 10.6 Å².